The topological polar surface area (TPSA) is 24.8 Å². The van der Waals surface area contributed by atoms with Gasteiger partial charge in [-0.05, 0) is 26.0 Å². The normalized spacial score (nSPS) is 21.5. The number of thioether (sulfide) groups is 1. The Hall–Kier alpha value is -1.10. The van der Waals surface area contributed by atoms with Crippen LogP contribution >= 0.6 is 23.7 Å². The molecule has 0 saturated carbocycles. The zero-order valence-corrected chi connectivity index (χ0v) is 18.1. The van der Waals surface area contributed by atoms with Crippen LogP contribution < -0.4 is 4.74 Å². The van der Waals surface area contributed by atoms with Crippen LogP contribution in [0.5, 0.6) is 5.75 Å². The number of hydrogen-bond donors (Lipinski definition) is 0. The first kappa shape index (κ1) is 18.7. The fraction of sp³-hybridized carbons (Fsp3) is 0.500. The molecule has 7 heteroatoms. The Labute approximate surface area is 158 Å². The van der Waals surface area contributed by atoms with Crippen molar-refractivity contribution in [3.05, 3.63) is 29.1 Å². The van der Waals surface area contributed by atoms with Crippen LogP contribution in [-0.2, 0) is 0 Å². The summed E-state index contributed by atoms with van der Waals surface area (Å²) in [6.07, 6.45) is 0. The van der Waals surface area contributed by atoms with E-state index in [4.69, 9.17) is 4.74 Å². The second kappa shape index (κ2) is 6.56. The van der Waals surface area contributed by atoms with Crippen LogP contribution in [0.4, 0.5) is 4.39 Å². The highest BCUT2D eigenvalue weighted by Gasteiger charge is 2.44. The van der Waals surface area contributed by atoms with Gasteiger partial charge in [0, 0.05) is 28.8 Å². The number of methoxy groups -OCH3 is 1. The molecule has 0 N–H and O–H groups in total. The van der Waals surface area contributed by atoms with E-state index in [0.717, 1.165) is 11.7 Å². The van der Waals surface area contributed by atoms with Crippen molar-refractivity contribution in [2.75, 3.05) is 13.7 Å². The highest BCUT2D eigenvalue weighted by molar-refractivity contribution is 8.16. The average Bonchev–Trinajstić information content (AvgIpc) is 2.99. The molecule has 0 aromatic heterocycles. The predicted molar refractivity (Wildman–Crippen MR) is 109 cm³/mol. The number of fused-ring (bicyclic) bond motifs is 1. The van der Waals surface area contributed by atoms with E-state index in [0.29, 0.717) is 16.9 Å². The van der Waals surface area contributed by atoms with E-state index in [1.165, 1.54) is 18.0 Å². The summed E-state index contributed by atoms with van der Waals surface area (Å²) in [5.41, 5.74) is 4.50. The minimum Gasteiger partial charge on any atom is -0.495 e. The van der Waals surface area contributed by atoms with Gasteiger partial charge in [0.2, 0.25) is 0 Å². The first-order valence-electron chi connectivity index (χ1n) is 8.20. The molecule has 25 heavy (non-hydrogen) atoms. The molecule has 1 fully saturated rings. The lowest BCUT2D eigenvalue weighted by Crippen LogP contribution is -2.29. The SMILES string of the molecule is COc1cc(C2SN=C3SC(C)(C)CN32)c(F)cc1C#C[Si](C)(C)C. The van der Waals surface area contributed by atoms with Crippen LogP contribution in [0, 0.1) is 17.3 Å². The molecule has 3 rings (SSSR count). The maximum Gasteiger partial charge on any atom is 0.173 e. The molecule has 1 unspecified atom stereocenters. The number of amidine groups is 1. The van der Waals surface area contributed by atoms with Gasteiger partial charge in [-0.1, -0.05) is 37.3 Å². The largest absolute Gasteiger partial charge is 0.495 e. The molecular formula is C18H23FN2OS2Si. The molecule has 0 bridgehead atoms. The summed E-state index contributed by atoms with van der Waals surface area (Å²) in [5.74, 6) is 3.50. The Morgan fingerprint density at radius 1 is 1.36 bits per heavy atom. The Morgan fingerprint density at radius 3 is 2.72 bits per heavy atom. The van der Waals surface area contributed by atoms with Crippen LogP contribution in [0.2, 0.25) is 19.6 Å². The molecule has 2 heterocycles. The summed E-state index contributed by atoms with van der Waals surface area (Å²) in [4.78, 5) is 2.18. The number of ether oxygens (including phenoxy) is 1. The maximum absolute atomic E-state index is 14.9. The van der Waals surface area contributed by atoms with Crippen LogP contribution in [0.1, 0.15) is 30.3 Å². The van der Waals surface area contributed by atoms with Crippen molar-refractivity contribution in [1.82, 2.24) is 4.90 Å². The number of halogens is 1. The molecule has 134 valence electrons. The third kappa shape index (κ3) is 4.02. The van der Waals surface area contributed by atoms with Gasteiger partial charge in [-0.15, -0.1) is 5.54 Å². The average molecular weight is 395 g/mol. The molecule has 1 atom stereocenters. The van der Waals surface area contributed by atoms with Gasteiger partial charge in [0.1, 0.15) is 25.0 Å². The van der Waals surface area contributed by atoms with Crippen molar-refractivity contribution in [1.29, 1.82) is 0 Å². The van der Waals surface area contributed by atoms with Gasteiger partial charge in [0.25, 0.3) is 0 Å². The van der Waals surface area contributed by atoms with Crippen molar-refractivity contribution in [2.45, 2.75) is 43.6 Å². The summed E-state index contributed by atoms with van der Waals surface area (Å²) in [5, 5.41) is 0.846. The Bertz CT molecular complexity index is 793. The lowest BCUT2D eigenvalue weighted by molar-refractivity contribution is 0.384. The Balaban J connectivity index is 1.95. The molecular weight excluding hydrogens is 371 g/mol. The van der Waals surface area contributed by atoms with Crippen LogP contribution in [-0.4, -0.2) is 36.5 Å². The van der Waals surface area contributed by atoms with Gasteiger partial charge < -0.3 is 9.64 Å². The third-order valence-electron chi connectivity index (χ3n) is 3.84. The minimum absolute atomic E-state index is 0.0986. The maximum atomic E-state index is 14.9. The molecule has 3 nitrogen and oxygen atoms in total. The minimum atomic E-state index is -1.54. The third-order valence-corrected chi connectivity index (χ3v) is 7.00. The molecule has 0 amide bonds. The first-order valence-corrected chi connectivity index (χ1v) is 13.3. The number of hydrogen-bond acceptors (Lipinski definition) is 5. The molecule has 0 radical (unpaired) electrons. The number of rotatable bonds is 2. The second-order valence-electron chi connectivity index (χ2n) is 7.90. The zero-order chi connectivity index (χ0) is 18.4. The van der Waals surface area contributed by atoms with Gasteiger partial charge in [-0.3, -0.25) is 0 Å². The van der Waals surface area contributed by atoms with Crippen molar-refractivity contribution >= 4 is 37.0 Å². The summed E-state index contributed by atoms with van der Waals surface area (Å²) in [6, 6.07) is 3.30. The smallest absolute Gasteiger partial charge is 0.173 e. The zero-order valence-electron chi connectivity index (χ0n) is 15.4. The fourth-order valence-electron chi connectivity index (χ4n) is 2.73. The second-order valence-corrected chi connectivity index (χ2v) is 15.2. The number of benzene rings is 1. The van der Waals surface area contributed by atoms with Crippen molar-refractivity contribution < 1.29 is 9.13 Å². The van der Waals surface area contributed by atoms with E-state index in [-0.39, 0.29) is 15.9 Å². The molecule has 1 aromatic carbocycles. The van der Waals surface area contributed by atoms with E-state index < -0.39 is 8.07 Å². The number of nitrogens with zero attached hydrogens (tertiary/aromatic N) is 2. The first-order chi connectivity index (χ1) is 11.6. The fourth-order valence-corrected chi connectivity index (χ4v) is 5.44. The lowest BCUT2D eigenvalue weighted by atomic mass is 10.1. The predicted octanol–water partition coefficient (Wildman–Crippen LogP) is 4.91. The van der Waals surface area contributed by atoms with E-state index in [9.17, 15) is 4.39 Å². The summed E-state index contributed by atoms with van der Waals surface area (Å²) in [7, 11) is 0.0679. The molecule has 2 aliphatic heterocycles. The van der Waals surface area contributed by atoms with Gasteiger partial charge in [0.05, 0.1) is 12.7 Å². The van der Waals surface area contributed by atoms with Crippen LogP contribution in [0.3, 0.4) is 0 Å². The van der Waals surface area contributed by atoms with Gasteiger partial charge in [-0.2, -0.15) is 4.40 Å². The van der Waals surface area contributed by atoms with Gasteiger partial charge >= 0.3 is 0 Å². The summed E-state index contributed by atoms with van der Waals surface area (Å²) < 4.78 is 25.0. The lowest BCUT2D eigenvalue weighted by Gasteiger charge is -2.24. The molecule has 1 aromatic rings. The standard InChI is InChI=1S/C18H23FN2OS2Si/c1-18(2)11-21-16(24-20-17(21)23-18)13-10-15(22-3)12(9-14(13)19)7-8-25(4,5)6/h9-10,16H,11H2,1-6H3. The van der Waals surface area contributed by atoms with Gasteiger partial charge in [-0.25, -0.2) is 4.39 Å². The van der Waals surface area contributed by atoms with E-state index in [2.05, 4.69) is 54.3 Å². The Kier molecular flexibility index (Phi) is 4.90. The molecule has 2 aliphatic rings. The van der Waals surface area contributed by atoms with E-state index in [1.54, 1.807) is 24.9 Å². The van der Waals surface area contributed by atoms with Gasteiger partial charge in [0.15, 0.2) is 5.17 Å². The highest BCUT2D eigenvalue weighted by Crippen LogP contribution is 2.50. The van der Waals surface area contributed by atoms with Crippen molar-refractivity contribution in [2.24, 2.45) is 4.40 Å². The highest BCUT2D eigenvalue weighted by atomic mass is 32.2. The molecule has 0 spiro atoms. The molecule has 0 aliphatic carbocycles. The quantitative estimate of drug-likeness (QED) is 0.404. The monoisotopic (exact) mass is 394 g/mol. The Morgan fingerprint density at radius 2 is 2.08 bits per heavy atom. The van der Waals surface area contributed by atoms with Crippen LogP contribution in [0.15, 0.2) is 16.5 Å². The van der Waals surface area contributed by atoms with E-state index >= 15 is 0 Å². The summed E-state index contributed by atoms with van der Waals surface area (Å²) in [6.45, 7) is 11.7. The van der Waals surface area contributed by atoms with Crippen molar-refractivity contribution in [3.63, 3.8) is 0 Å². The summed E-state index contributed by atoms with van der Waals surface area (Å²) >= 11 is 3.16. The van der Waals surface area contributed by atoms with E-state index in [1.807, 2.05) is 0 Å². The van der Waals surface area contributed by atoms with Crippen LogP contribution in [0.25, 0.3) is 0 Å². The molecule has 1 saturated heterocycles. The van der Waals surface area contributed by atoms with Crippen molar-refractivity contribution in [3.8, 4) is 17.2 Å².